The molecule has 0 spiro atoms. The van der Waals surface area contributed by atoms with Gasteiger partial charge in [-0.1, -0.05) is 36.4 Å². The van der Waals surface area contributed by atoms with Gasteiger partial charge < -0.3 is 9.52 Å². The molecule has 0 saturated carbocycles. The van der Waals surface area contributed by atoms with Crippen LogP contribution in [0.15, 0.2) is 69.9 Å². The number of carboxylic acids is 1. The Morgan fingerprint density at radius 3 is 2.50 bits per heavy atom. The van der Waals surface area contributed by atoms with Gasteiger partial charge >= 0.3 is 11.6 Å². The monoisotopic (exact) mass is 292 g/mol. The summed E-state index contributed by atoms with van der Waals surface area (Å²) in [6, 6.07) is 17.1. The van der Waals surface area contributed by atoms with E-state index in [1.807, 2.05) is 6.07 Å². The standard InChI is InChI=1S/C18H12O4/c19-17-9-7-14-10-12(6-8-16(14)22-17)11-15(18(20)21)13-4-2-1-3-5-13/h1-11H,(H,20,21)/b15-11+. The number of fused-ring (bicyclic) bond motifs is 1. The number of hydrogen-bond donors (Lipinski definition) is 1. The van der Waals surface area contributed by atoms with Crippen LogP contribution in [-0.4, -0.2) is 11.1 Å². The van der Waals surface area contributed by atoms with Crippen LogP contribution in [0, 0.1) is 0 Å². The highest BCUT2D eigenvalue weighted by atomic mass is 16.4. The number of carboxylic acid groups (broad SMARTS) is 1. The first-order chi connectivity index (χ1) is 10.6. The van der Waals surface area contributed by atoms with Crippen molar-refractivity contribution in [1.29, 1.82) is 0 Å². The summed E-state index contributed by atoms with van der Waals surface area (Å²) >= 11 is 0. The Balaban J connectivity index is 2.10. The van der Waals surface area contributed by atoms with Crippen LogP contribution in [0.1, 0.15) is 11.1 Å². The minimum absolute atomic E-state index is 0.206. The first-order valence-electron chi connectivity index (χ1n) is 6.68. The molecule has 0 bridgehead atoms. The zero-order valence-corrected chi connectivity index (χ0v) is 11.5. The molecule has 2 aromatic carbocycles. The molecule has 3 aromatic rings. The lowest BCUT2D eigenvalue weighted by molar-refractivity contribution is -0.130. The van der Waals surface area contributed by atoms with Crippen LogP contribution in [-0.2, 0) is 4.79 Å². The average molecular weight is 292 g/mol. The summed E-state index contributed by atoms with van der Waals surface area (Å²) in [5.74, 6) is -0.995. The Kier molecular flexibility index (Phi) is 3.58. The molecule has 4 heteroatoms. The molecule has 0 amide bonds. The minimum atomic E-state index is -0.995. The molecule has 0 unspecified atom stereocenters. The number of rotatable bonds is 3. The Morgan fingerprint density at radius 2 is 1.77 bits per heavy atom. The third kappa shape index (κ3) is 2.81. The van der Waals surface area contributed by atoms with Gasteiger partial charge in [0.2, 0.25) is 0 Å². The fourth-order valence-corrected chi connectivity index (χ4v) is 2.23. The third-order valence-electron chi connectivity index (χ3n) is 3.27. The van der Waals surface area contributed by atoms with E-state index < -0.39 is 11.6 Å². The van der Waals surface area contributed by atoms with E-state index in [0.717, 1.165) is 10.9 Å². The highest BCUT2D eigenvalue weighted by Gasteiger charge is 2.10. The van der Waals surface area contributed by atoms with Gasteiger partial charge in [0.25, 0.3) is 0 Å². The van der Waals surface area contributed by atoms with Gasteiger partial charge in [0.1, 0.15) is 5.58 Å². The van der Waals surface area contributed by atoms with E-state index in [1.165, 1.54) is 6.07 Å². The SMILES string of the molecule is O=C(O)/C(=C/c1ccc2oc(=O)ccc2c1)c1ccccc1. The molecule has 1 aromatic heterocycles. The van der Waals surface area contributed by atoms with Crippen molar-refractivity contribution in [3.63, 3.8) is 0 Å². The summed E-state index contributed by atoms with van der Waals surface area (Å²) in [6.07, 6.45) is 1.60. The number of hydrogen-bond acceptors (Lipinski definition) is 3. The quantitative estimate of drug-likeness (QED) is 0.456. The number of aliphatic carboxylic acids is 1. The van der Waals surface area contributed by atoms with Gasteiger partial charge in [-0.15, -0.1) is 0 Å². The molecule has 4 nitrogen and oxygen atoms in total. The molecule has 22 heavy (non-hydrogen) atoms. The Bertz CT molecular complexity index is 920. The first-order valence-corrected chi connectivity index (χ1v) is 6.68. The summed E-state index contributed by atoms with van der Waals surface area (Å²) in [5.41, 5.74) is 1.63. The highest BCUT2D eigenvalue weighted by Crippen LogP contribution is 2.21. The van der Waals surface area contributed by atoms with E-state index in [2.05, 4.69) is 0 Å². The Labute approximate surface area is 125 Å². The van der Waals surface area contributed by atoms with Gasteiger partial charge in [0.15, 0.2) is 0 Å². The normalized spacial score (nSPS) is 11.5. The second-order valence-electron chi connectivity index (χ2n) is 4.78. The van der Waals surface area contributed by atoms with Crippen molar-refractivity contribution < 1.29 is 14.3 Å². The van der Waals surface area contributed by atoms with Crippen molar-refractivity contribution in [2.24, 2.45) is 0 Å². The van der Waals surface area contributed by atoms with Gasteiger partial charge in [0.05, 0.1) is 5.57 Å². The van der Waals surface area contributed by atoms with E-state index in [-0.39, 0.29) is 5.57 Å². The lowest BCUT2D eigenvalue weighted by atomic mass is 10.0. The third-order valence-corrected chi connectivity index (χ3v) is 3.27. The number of benzene rings is 2. The van der Waals surface area contributed by atoms with Crippen molar-refractivity contribution in [3.05, 3.63) is 82.2 Å². The average Bonchev–Trinajstić information content (AvgIpc) is 2.53. The summed E-state index contributed by atoms with van der Waals surface area (Å²) in [4.78, 5) is 22.6. The van der Waals surface area contributed by atoms with Crippen LogP contribution in [0.2, 0.25) is 0 Å². The molecular weight excluding hydrogens is 280 g/mol. The second kappa shape index (κ2) is 5.69. The van der Waals surface area contributed by atoms with Crippen LogP contribution >= 0.6 is 0 Å². The maximum absolute atomic E-state index is 11.5. The zero-order valence-electron chi connectivity index (χ0n) is 11.5. The molecule has 1 N–H and O–H groups in total. The molecule has 3 rings (SSSR count). The first kappa shape index (κ1) is 13.8. The summed E-state index contributed by atoms with van der Waals surface area (Å²) in [6.45, 7) is 0. The molecular formula is C18H12O4. The lowest BCUT2D eigenvalue weighted by Gasteiger charge is -2.04. The van der Waals surface area contributed by atoms with Crippen molar-refractivity contribution >= 4 is 28.6 Å². The van der Waals surface area contributed by atoms with E-state index >= 15 is 0 Å². The Hall–Kier alpha value is -3.14. The summed E-state index contributed by atoms with van der Waals surface area (Å²) in [7, 11) is 0. The second-order valence-corrected chi connectivity index (χ2v) is 4.78. The Morgan fingerprint density at radius 1 is 1.00 bits per heavy atom. The maximum Gasteiger partial charge on any atom is 0.336 e. The van der Waals surface area contributed by atoms with E-state index in [0.29, 0.717) is 11.1 Å². The predicted molar refractivity (Wildman–Crippen MR) is 84.4 cm³/mol. The van der Waals surface area contributed by atoms with Crippen LogP contribution in [0.4, 0.5) is 0 Å². The molecule has 0 saturated heterocycles. The van der Waals surface area contributed by atoms with E-state index in [9.17, 15) is 14.7 Å². The van der Waals surface area contributed by atoms with Crippen molar-refractivity contribution in [2.45, 2.75) is 0 Å². The topological polar surface area (TPSA) is 67.5 Å². The molecule has 0 aliphatic heterocycles. The largest absolute Gasteiger partial charge is 0.478 e. The highest BCUT2D eigenvalue weighted by molar-refractivity contribution is 6.20. The summed E-state index contributed by atoms with van der Waals surface area (Å²) < 4.78 is 5.06. The maximum atomic E-state index is 11.5. The van der Waals surface area contributed by atoms with Gasteiger partial charge in [-0.3, -0.25) is 0 Å². The van der Waals surface area contributed by atoms with Crippen LogP contribution in [0.3, 0.4) is 0 Å². The van der Waals surface area contributed by atoms with Gasteiger partial charge in [-0.05, 0) is 35.4 Å². The fourth-order valence-electron chi connectivity index (χ4n) is 2.23. The van der Waals surface area contributed by atoms with Crippen LogP contribution < -0.4 is 5.63 Å². The van der Waals surface area contributed by atoms with Gasteiger partial charge in [-0.2, -0.15) is 0 Å². The molecule has 0 radical (unpaired) electrons. The summed E-state index contributed by atoms with van der Waals surface area (Å²) in [5, 5.41) is 10.2. The van der Waals surface area contributed by atoms with Crippen LogP contribution in [0.5, 0.6) is 0 Å². The van der Waals surface area contributed by atoms with E-state index in [1.54, 1.807) is 54.6 Å². The predicted octanol–water partition coefficient (Wildman–Crippen LogP) is 3.42. The van der Waals surface area contributed by atoms with E-state index in [4.69, 9.17) is 4.42 Å². The number of carbonyl (C=O) groups is 1. The van der Waals surface area contributed by atoms with Crippen LogP contribution in [0.25, 0.3) is 22.6 Å². The fraction of sp³-hybridized carbons (Fsp3) is 0. The molecule has 0 aliphatic rings. The molecule has 0 fully saturated rings. The minimum Gasteiger partial charge on any atom is -0.478 e. The van der Waals surface area contributed by atoms with Crippen molar-refractivity contribution in [1.82, 2.24) is 0 Å². The van der Waals surface area contributed by atoms with Gasteiger partial charge in [0, 0.05) is 11.5 Å². The molecule has 0 aliphatic carbocycles. The zero-order chi connectivity index (χ0) is 15.5. The molecule has 108 valence electrons. The lowest BCUT2D eigenvalue weighted by Crippen LogP contribution is -1.99. The smallest absolute Gasteiger partial charge is 0.336 e. The van der Waals surface area contributed by atoms with Crippen molar-refractivity contribution in [2.75, 3.05) is 0 Å². The molecule has 0 atom stereocenters. The molecule has 1 heterocycles. The van der Waals surface area contributed by atoms with Crippen molar-refractivity contribution in [3.8, 4) is 0 Å². The van der Waals surface area contributed by atoms with Gasteiger partial charge in [-0.25, -0.2) is 9.59 Å².